The van der Waals surface area contributed by atoms with E-state index in [0.29, 0.717) is 23.5 Å². The molecule has 2 aromatic heterocycles. The molecule has 3 saturated heterocycles. The lowest BCUT2D eigenvalue weighted by Crippen LogP contribution is -2.43. The summed E-state index contributed by atoms with van der Waals surface area (Å²) < 4.78 is 12.3. The number of piperidine rings is 1. The third-order valence-electron chi connectivity index (χ3n) is 10.8. The Balaban J connectivity index is 1.22. The number of carbonyl (C=O) groups is 1. The highest BCUT2D eigenvalue weighted by Gasteiger charge is 2.37. The van der Waals surface area contributed by atoms with Crippen LogP contribution in [0.25, 0.3) is 11.1 Å². The summed E-state index contributed by atoms with van der Waals surface area (Å²) in [5.74, 6) is 0.752. The van der Waals surface area contributed by atoms with Crippen LogP contribution >= 0.6 is 0 Å². The van der Waals surface area contributed by atoms with Gasteiger partial charge in [0.2, 0.25) is 5.95 Å². The first kappa shape index (κ1) is 33.7. The summed E-state index contributed by atoms with van der Waals surface area (Å²) in [6, 6.07) is 8.73. The Morgan fingerprint density at radius 3 is 2.35 bits per heavy atom. The molecule has 10 heteroatoms. The second kappa shape index (κ2) is 12.8. The first-order chi connectivity index (χ1) is 23.2. The molecule has 6 heterocycles. The van der Waals surface area contributed by atoms with Crippen molar-refractivity contribution >= 4 is 23.4 Å². The molecule has 0 amide bonds. The van der Waals surface area contributed by atoms with E-state index in [1.54, 1.807) is 0 Å². The molecule has 1 N–H and O–H groups in total. The van der Waals surface area contributed by atoms with Crippen LogP contribution in [0.2, 0.25) is 0 Å². The molecule has 0 spiro atoms. The van der Waals surface area contributed by atoms with Gasteiger partial charge >= 0.3 is 5.97 Å². The lowest BCUT2D eigenvalue weighted by molar-refractivity contribution is -0.160. The van der Waals surface area contributed by atoms with Gasteiger partial charge in [0.25, 0.3) is 0 Å². The molecule has 0 aliphatic carbocycles. The second-order valence-electron chi connectivity index (χ2n) is 16.3. The standard InChI is InChI=1S/C39H52N6O4/c1-24-32(34(43-18-14-39(6,7)15-19-43)33(25(2)41-24)35(36(46)47)49-38(3,4)5)27-8-9-28-21-44(17-13-26(28)20-27)37-40-16-12-31(42-37)45-22-29-10-11-30(23-45)48-29/h8-9,12,16,20,29-30,35H,10-11,13-15,17-19,21-23H2,1-7H3,(H,46,47)/t29?,30?,35-/m0/s1. The Bertz CT molecular complexity index is 1710. The number of pyridine rings is 1. The fourth-order valence-electron chi connectivity index (χ4n) is 8.10. The van der Waals surface area contributed by atoms with Gasteiger partial charge in [-0.05, 0) is 94.9 Å². The Hall–Kier alpha value is -3.76. The minimum absolute atomic E-state index is 0.241. The molecule has 2 bridgehead atoms. The summed E-state index contributed by atoms with van der Waals surface area (Å²) in [7, 11) is 0. The topological polar surface area (TPSA) is 104 Å². The predicted molar refractivity (Wildman–Crippen MR) is 192 cm³/mol. The molecule has 3 fully saturated rings. The second-order valence-corrected chi connectivity index (χ2v) is 16.3. The summed E-state index contributed by atoms with van der Waals surface area (Å²) in [6.45, 7) is 19.4. The number of rotatable bonds is 7. The van der Waals surface area contributed by atoms with E-state index in [4.69, 9.17) is 24.4 Å². The molecular formula is C39H52N6O4. The van der Waals surface area contributed by atoms with E-state index in [1.165, 1.54) is 11.1 Å². The summed E-state index contributed by atoms with van der Waals surface area (Å²) in [5, 5.41) is 10.6. The van der Waals surface area contributed by atoms with E-state index in [9.17, 15) is 9.90 Å². The number of ether oxygens (including phenoxy) is 2. The van der Waals surface area contributed by atoms with Crippen LogP contribution in [0.5, 0.6) is 0 Å². The van der Waals surface area contributed by atoms with Crippen LogP contribution in [0.15, 0.2) is 30.5 Å². The summed E-state index contributed by atoms with van der Waals surface area (Å²) in [5.41, 5.74) is 7.44. The number of aromatic nitrogens is 3. The highest BCUT2D eigenvalue weighted by atomic mass is 16.5. The number of aryl methyl sites for hydroxylation is 2. The highest BCUT2D eigenvalue weighted by Crippen LogP contribution is 2.45. The van der Waals surface area contributed by atoms with Gasteiger partial charge in [-0.2, -0.15) is 4.98 Å². The summed E-state index contributed by atoms with van der Waals surface area (Å²) in [4.78, 5) is 34.6. The highest BCUT2D eigenvalue weighted by molar-refractivity contribution is 5.88. The quantitative estimate of drug-likeness (QED) is 0.294. The molecule has 262 valence electrons. The number of hydrogen-bond donors (Lipinski definition) is 1. The molecule has 10 nitrogen and oxygen atoms in total. The Kier molecular flexibility index (Phi) is 8.84. The van der Waals surface area contributed by atoms with Crippen molar-refractivity contribution < 1.29 is 19.4 Å². The molecule has 3 aromatic rings. The van der Waals surface area contributed by atoms with Gasteiger partial charge in [-0.15, -0.1) is 0 Å². The molecule has 0 saturated carbocycles. The number of carboxylic acid groups (broad SMARTS) is 1. The van der Waals surface area contributed by atoms with Crippen molar-refractivity contribution in [1.82, 2.24) is 15.0 Å². The largest absolute Gasteiger partial charge is 0.479 e. The molecule has 4 aliphatic heterocycles. The Morgan fingerprint density at radius 1 is 0.959 bits per heavy atom. The number of anilines is 3. The fraction of sp³-hybridized carbons (Fsp3) is 0.590. The maximum Gasteiger partial charge on any atom is 0.337 e. The molecule has 49 heavy (non-hydrogen) atoms. The van der Waals surface area contributed by atoms with Crippen LogP contribution in [0.1, 0.15) is 94.5 Å². The van der Waals surface area contributed by atoms with Gasteiger partial charge in [0.1, 0.15) is 5.82 Å². The van der Waals surface area contributed by atoms with Crippen molar-refractivity contribution in [2.75, 3.05) is 47.4 Å². The number of aliphatic carboxylic acids is 1. The van der Waals surface area contributed by atoms with Crippen LogP contribution < -0.4 is 14.7 Å². The van der Waals surface area contributed by atoms with Gasteiger partial charge in [0.15, 0.2) is 6.10 Å². The zero-order valence-corrected chi connectivity index (χ0v) is 30.3. The number of morpholine rings is 1. The zero-order chi connectivity index (χ0) is 34.7. The van der Waals surface area contributed by atoms with Crippen molar-refractivity contribution in [3.05, 3.63) is 58.5 Å². The lowest BCUT2D eigenvalue weighted by atomic mass is 9.81. The average Bonchev–Trinajstić information content (AvgIpc) is 3.39. The van der Waals surface area contributed by atoms with Gasteiger partial charge in [-0.25, -0.2) is 9.78 Å². The molecule has 2 unspecified atom stereocenters. The molecule has 0 radical (unpaired) electrons. The number of hydrogen-bond acceptors (Lipinski definition) is 9. The van der Waals surface area contributed by atoms with Gasteiger partial charge in [-0.3, -0.25) is 4.98 Å². The van der Waals surface area contributed by atoms with Crippen molar-refractivity contribution in [2.24, 2.45) is 5.41 Å². The predicted octanol–water partition coefficient (Wildman–Crippen LogP) is 6.65. The molecule has 4 aliphatic rings. The van der Waals surface area contributed by atoms with Gasteiger partial charge < -0.3 is 29.3 Å². The molecule has 1 aromatic carbocycles. The fourth-order valence-corrected chi connectivity index (χ4v) is 8.10. The molecule has 3 atom stereocenters. The van der Waals surface area contributed by atoms with Crippen LogP contribution in [0.3, 0.4) is 0 Å². The van der Waals surface area contributed by atoms with Crippen molar-refractivity contribution in [3.8, 4) is 11.1 Å². The summed E-state index contributed by atoms with van der Waals surface area (Å²) in [6.07, 6.45) is 6.54. The van der Waals surface area contributed by atoms with Crippen LogP contribution in [-0.2, 0) is 27.2 Å². The monoisotopic (exact) mass is 668 g/mol. The van der Waals surface area contributed by atoms with E-state index in [1.807, 2.05) is 40.0 Å². The SMILES string of the molecule is Cc1nc(C)c([C@H](OC(C)(C)C)C(=O)O)c(N2CCC(C)(C)CC2)c1-c1ccc2c(c1)CCN(c1nccc(N3CC4CCC(C3)O4)n1)C2. The van der Waals surface area contributed by atoms with Crippen molar-refractivity contribution in [1.29, 1.82) is 0 Å². The maximum absolute atomic E-state index is 12.9. The van der Waals surface area contributed by atoms with Crippen LogP contribution in [0.4, 0.5) is 17.5 Å². The minimum atomic E-state index is -1.13. The van der Waals surface area contributed by atoms with Crippen LogP contribution in [-0.4, -0.2) is 76.6 Å². The Labute approximate surface area is 290 Å². The lowest BCUT2D eigenvalue weighted by Gasteiger charge is -2.41. The van der Waals surface area contributed by atoms with Crippen molar-refractivity contribution in [2.45, 2.75) is 111 Å². The summed E-state index contributed by atoms with van der Waals surface area (Å²) >= 11 is 0. The number of nitrogens with zero attached hydrogens (tertiary/aromatic N) is 6. The number of fused-ring (bicyclic) bond motifs is 3. The maximum atomic E-state index is 12.9. The molecular weight excluding hydrogens is 616 g/mol. The van der Waals surface area contributed by atoms with E-state index < -0.39 is 17.7 Å². The van der Waals surface area contributed by atoms with Crippen LogP contribution in [0, 0.1) is 19.3 Å². The van der Waals surface area contributed by atoms with E-state index in [0.717, 1.165) is 106 Å². The smallest absolute Gasteiger partial charge is 0.337 e. The van der Waals surface area contributed by atoms with E-state index in [-0.39, 0.29) is 5.41 Å². The van der Waals surface area contributed by atoms with Gasteiger partial charge in [0, 0.05) is 68.0 Å². The average molecular weight is 669 g/mol. The molecule has 7 rings (SSSR count). The first-order valence-corrected chi connectivity index (χ1v) is 18.0. The normalized spacial score (nSPS) is 22.6. The minimum Gasteiger partial charge on any atom is -0.479 e. The first-order valence-electron chi connectivity index (χ1n) is 18.0. The zero-order valence-electron chi connectivity index (χ0n) is 30.3. The van der Waals surface area contributed by atoms with Crippen molar-refractivity contribution in [3.63, 3.8) is 0 Å². The Morgan fingerprint density at radius 2 is 1.67 bits per heavy atom. The van der Waals surface area contributed by atoms with E-state index >= 15 is 0 Å². The third-order valence-corrected chi connectivity index (χ3v) is 10.8. The number of benzene rings is 1. The van der Waals surface area contributed by atoms with Gasteiger partial charge in [-0.1, -0.05) is 32.0 Å². The number of carboxylic acids is 1. The third kappa shape index (κ3) is 6.99. The van der Waals surface area contributed by atoms with E-state index in [2.05, 4.69) is 53.7 Å². The van der Waals surface area contributed by atoms with Gasteiger partial charge in [0.05, 0.1) is 23.5 Å².